The van der Waals surface area contributed by atoms with E-state index in [0.717, 1.165) is 4.90 Å². The van der Waals surface area contributed by atoms with Crippen molar-refractivity contribution in [1.82, 2.24) is 0 Å². The van der Waals surface area contributed by atoms with E-state index in [1.807, 2.05) is 0 Å². The summed E-state index contributed by atoms with van der Waals surface area (Å²) in [6.45, 7) is 0. The highest BCUT2D eigenvalue weighted by molar-refractivity contribution is 8.00. The molecule has 0 aliphatic rings. The Kier molecular flexibility index (Phi) is 4.66. The Balaban J connectivity index is 2.25. The molecule has 0 radical (unpaired) electrons. The van der Waals surface area contributed by atoms with Crippen molar-refractivity contribution in [2.75, 3.05) is 0 Å². The Bertz CT molecular complexity index is 755. The van der Waals surface area contributed by atoms with Crippen molar-refractivity contribution < 1.29 is 18.3 Å². The molecule has 7 heteroatoms. The van der Waals surface area contributed by atoms with Crippen LogP contribution in [0.1, 0.15) is 5.56 Å². The summed E-state index contributed by atoms with van der Waals surface area (Å²) in [4.78, 5) is 12.0. The number of hydrogen-bond acceptors (Lipinski definition) is 4. The van der Waals surface area contributed by atoms with Gasteiger partial charge in [0.2, 0.25) is 10.0 Å². The number of rotatable bonds is 5. The first kappa shape index (κ1) is 15.6. The van der Waals surface area contributed by atoms with Crippen molar-refractivity contribution in [2.45, 2.75) is 21.1 Å². The molecule has 0 saturated carbocycles. The average molecular weight is 323 g/mol. The highest BCUT2D eigenvalue weighted by atomic mass is 32.2. The molecule has 0 aromatic heterocycles. The molecular formula is C14H13NO4S2. The fourth-order valence-electron chi connectivity index (χ4n) is 1.75. The Labute approximate surface area is 126 Å². The highest BCUT2D eigenvalue weighted by Crippen LogP contribution is 2.32. The lowest BCUT2D eigenvalue weighted by atomic mass is 10.2. The lowest BCUT2D eigenvalue weighted by molar-refractivity contribution is -0.136. The summed E-state index contributed by atoms with van der Waals surface area (Å²) in [5.41, 5.74) is 0.687. The van der Waals surface area contributed by atoms with E-state index < -0.39 is 16.0 Å². The van der Waals surface area contributed by atoms with Gasteiger partial charge in [-0.15, -0.1) is 0 Å². The number of aliphatic carboxylic acids is 1. The maximum absolute atomic E-state index is 11.5. The quantitative estimate of drug-likeness (QED) is 0.878. The minimum absolute atomic E-state index is 0.0429. The van der Waals surface area contributed by atoms with Crippen molar-refractivity contribution in [3.63, 3.8) is 0 Å². The van der Waals surface area contributed by atoms with E-state index in [-0.39, 0.29) is 11.3 Å². The summed E-state index contributed by atoms with van der Waals surface area (Å²) in [6.07, 6.45) is -0.0429. The monoisotopic (exact) mass is 323 g/mol. The van der Waals surface area contributed by atoms with E-state index in [0.29, 0.717) is 10.5 Å². The minimum atomic E-state index is -3.78. The summed E-state index contributed by atoms with van der Waals surface area (Å²) < 4.78 is 23.0. The number of sulfonamides is 1. The SMILES string of the molecule is NS(=O)(=O)c1ccccc1Sc1ccc(CC(=O)O)cc1. The van der Waals surface area contributed by atoms with Crippen LogP contribution >= 0.6 is 11.8 Å². The maximum Gasteiger partial charge on any atom is 0.307 e. The van der Waals surface area contributed by atoms with Crippen molar-refractivity contribution in [3.8, 4) is 0 Å². The topological polar surface area (TPSA) is 97.5 Å². The third-order valence-electron chi connectivity index (χ3n) is 2.66. The van der Waals surface area contributed by atoms with E-state index in [1.165, 1.54) is 17.8 Å². The van der Waals surface area contributed by atoms with Gasteiger partial charge in [-0.25, -0.2) is 13.6 Å². The van der Waals surface area contributed by atoms with Crippen LogP contribution in [0.2, 0.25) is 0 Å². The van der Waals surface area contributed by atoms with E-state index in [1.54, 1.807) is 42.5 Å². The van der Waals surface area contributed by atoms with Crippen molar-refractivity contribution >= 4 is 27.8 Å². The molecule has 0 bridgehead atoms. The second-order valence-corrected chi connectivity index (χ2v) is 6.95. The van der Waals surface area contributed by atoms with E-state index >= 15 is 0 Å². The summed E-state index contributed by atoms with van der Waals surface area (Å²) >= 11 is 1.26. The first-order valence-corrected chi connectivity index (χ1v) is 8.33. The zero-order valence-corrected chi connectivity index (χ0v) is 12.5. The van der Waals surface area contributed by atoms with Gasteiger partial charge >= 0.3 is 5.97 Å². The third-order valence-corrected chi connectivity index (χ3v) is 4.84. The smallest absolute Gasteiger partial charge is 0.307 e. The van der Waals surface area contributed by atoms with Crippen LogP contribution in [-0.2, 0) is 21.2 Å². The molecule has 0 amide bonds. The molecule has 2 aromatic rings. The van der Waals surface area contributed by atoms with Crippen molar-refractivity contribution in [2.24, 2.45) is 5.14 Å². The van der Waals surface area contributed by atoms with E-state index in [2.05, 4.69) is 0 Å². The van der Waals surface area contributed by atoms with Gasteiger partial charge in [0.1, 0.15) is 0 Å². The second-order valence-electron chi connectivity index (χ2n) is 4.31. The standard InChI is InChI=1S/C14H13NO4S2/c15-21(18,19)13-4-2-1-3-12(13)20-11-7-5-10(6-8-11)9-14(16)17/h1-8H,9H2,(H,16,17)(H2,15,18,19). The van der Waals surface area contributed by atoms with Crippen LogP contribution in [0.3, 0.4) is 0 Å². The molecule has 21 heavy (non-hydrogen) atoms. The predicted molar refractivity (Wildman–Crippen MR) is 79.7 cm³/mol. The molecule has 0 aliphatic heterocycles. The number of primary sulfonamides is 1. The molecule has 0 saturated heterocycles. The number of benzene rings is 2. The van der Waals surface area contributed by atoms with Gasteiger partial charge in [-0.3, -0.25) is 4.79 Å². The third kappa shape index (κ3) is 4.32. The molecular weight excluding hydrogens is 310 g/mol. The summed E-state index contributed by atoms with van der Waals surface area (Å²) in [5.74, 6) is -0.894. The first-order valence-electron chi connectivity index (χ1n) is 5.96. The molecule has 2 aromatic carbocycles. The fourth-order valence-corrected chi connectivity index (χ4v) is 3.68. The first-order chi connectivity index (χ1) is 9.86. The Hall–Kier alpha value is -1.83. The molecule has 0 heterocycles. The van der Waals surface area contributed by atoms with E-state index in [4.69, 9.17) is 10.2 Å². The van der Waals surface area contributed by atoms with Gasteiger partial charge < -0.3 is 5.11 Å². The molecule has 5 nitrogen and oxygen atoms in total. The number of nitrogens with two attached hydrogens (primary N) is 1. The minimum Gasteiger partial charge on any atom is -0.481 e. The fraction of sp³-hybridized carbons (Fsp3) is 0.0714. The van der Waals surface area contributed by atoms with Crippen LogP contribution < -0.4 is 5.14 Å². The molecule has 110 valence electrons. The van der Waals surface area contributed by atoms with Crippen molar-refractivity contribution in [1.29, 1.82) is 0 Å². The lowest BCUT2D eigenvalue weighted by Gasteiger charge is -2.07. The summed E-state index contributed by atoms with van der Waals surface area (Å²) in [5, 5.41) is 13.9. The zero-order chi connectivity index (χ0) is 15.5. The molecule has 0 fully saturated rings. The van der Waals surface area contributed by atoms with Crippen LogP contribution in [-0.4, -0.2) is 19.5 Å². The number of carboxylic acids is 1. The van der Waals surface area contributed by atoms with Gasteiger partial charge in [0.05, 0.1) is 11.3 Å². The summed E-state index contributed by atoms with van der Waals surface area (Å²) in [7, 11) is -3.78. The average Bonchev–Trinajstić information content (AvgIpc) is 2.40. The molecule has 0 atom stereocenters. The predicted octanol–water partition coefficient (Wildman–Crippen LogP) is 2.11. The van der Waals surface area contributed by atoms with Gasteiger partial charge in [0.25, 0.3) is 0 Å². The zero-order valence-electron chi connectivity index (χ0n) is 10.9. The Morgan fingerprint density at radius 1 is 1.10 bits per heavy atom. The second kappa shape index (κ2) is 6.30. The van der Waals surface area contributed by atoms with Crippen molar-refractivity contribution in [3.05, 3.63) is 54.1 Å². The lowest BCUT2D eigenvalue weighted by Crippen LogP contribution is -2.13. The maximum atomic E-state index is 11.5. The van der Waals surface area contributed by atoms with Crippen LogP contribution in [0.5, 0.6) is 0 Å². The van der Waals surface area contributed by atoms with Crippen LogP contribution in [0.25, 0.3) is 0 Å². The van der Waals surface area contributed by atoms with Gasteiger partial charge in [0.15, 0.2) is 0 Å². The molecule has 0 aliphatic carbocycles. The van der Waals surface area contributed by atoms with Gasteiger partial charge in [-0.1, -0.05) is 36.0 Å². The normalized spacial score (nSPS) is 11.3. The van der Waals surface area contributed by atoms with Gasteiger partial charge in [-0.2, -0.15) is 0 Å². The Morgan fingerprint density at radius 2 is 1.71 bits per heavy atom. The molecule has 3 N–H and O–H groups in total. The largest absolute Gasteiger partial charge is 0.481 e. The van der Waals surface area contributed by atoms with Gasteiger partial charge in [0, 0.05) is 9.79 Å². The van der Waals surface area contributed by atoms with Crippen LogP contribution in [0, 0.1) is 0 Å². The van der Waals surface area contributed by atoms with E-state index in [9.17, 15) is 13.2 Å². The summed E-state index contributed by atoms with van der Waals surface area (Å²) in [6, 6.07) is 13.4. The molecule has 0 spiro atoms. The molecule has 2 rings (SSSR count). The molecule has 0 unspecified atom stereocenters. The highest BCUT2D eigenvalue weighted by Gasteiger charge is 2.14. The number of carbonyl (C=O) groups is 1. The van der Waals surface area contributed by atoms with Gasteiger partial charge in [-0.05, 0) is 29.8 Å². The van der Waals surface area contributed by atoms with Crippen LogP contribution in [0.4, 0.5) is 0 Å². The van der Waals surface area contributed by atoms with Crippen LogP contribution in [0.15, 0.2) is 63.2 Å². The number of carboxylic acid groups (broad SMARTS) is 1. The Morgan fingerprint density at radius 3 is 2.29 bits per heavy atom. The number of hydrogen-bond donors (Lipinski definition) is 2.